The SMILES string of the molecule is CCCC(=O)n1c(=O)c2cc3c(=O)n(C(=O)CCC)c(=O)c3cc2c1=O. The number of carbonyl (C=O) groups excluding carboxylic acids is 2. The fourth-order valence-electron chi connectivity index (χ4n) is 3.08. The molecule has 0 radical (unpaired) electrons. The lowest BCUT2D eigenvalue weighted by Gasteiger charge is -1.95. The Morgan fingerprint density at radius 3 is 1.15 bits per heavy atom. The summed E-state index contributed by atoms with van der Waals surface area (Å²) in [6.45, 7) is 3.48. The Morgan fingerprint density at radius 2 is 0.923 bits per heavy atom. The fourth-order valence-corrected chi connectivity index (χ4v) is 3.08. The number of rotatable bonds is 4. The smallest absolute Gasteiger partial charge is 0.268 e. The topological polar surface area (TPSA) is 112 Å². The first-order chi connectivity index (χ1) is 12.3. The first-order valence-corrected chi connectivity index (χ1v) is 8.34. The van der Waals surface area contributed by atoms with Crippen molar-refractivity contribution in [2.45, 2.75) is 39.5 Å². The van der Waals surface area contributed by atoms with Crippen LogP contribution in [0.2, 0.25) is 0 Å². The van der Waals surface area contributed by atoms with Gasteiger partial charge in [-0.25, -0.2) is 9.13 Å². The Morgan fingerprint density at radius 1 is 0.654 bits per heavy atom. The molecule has 0 fully saturated rings. The summed E-state index contributed by atoms with van der Waals surface area (Å²) < 4.78 is 1.08. The molecule has 0 bridgehead atoms. The fraction of sp³-hybridized carbons (Fsp3) is 0.333. The number of benzene rings is 1. The van der Waals surface area contributed by atoms with Gasteiger partial charge in [0.05, 0.1) is 21.5 Å². The Hall–Kier alpha value is -3.16. The Balaban J connectivity index is 2.39. The van der Waals surface area contributed by atoms with E-state index in [1.54, 1.807) is 13.8 Å². The highest BCUT2D eigenvalue weighted by Crippen LogP contribution is 2.15. The van der Waals surface area contributed by atoms with E-state index in [0.29, 0.717) is 22.0 Å². The van der Waals surface area contributed by atoms with Crippen molar-refractivity contribution in [1.82, 2.24) is 9.13 Å². The highest BCUT2D eigenvalue weighted by Gasteiger charge is 2.23. The number of hydrogen-bond donors (Lipinski definition) is 0. The molecule has 134 valence electrons. The summed E-state index contributed by atoms with van der Waals surface area (Å²) in [5.41, 5.74) is -3.26. The third-order valence-electron chi connectivity index (χ3n) is 4.32. The van der Waals surface area contributed by atoms with Crippen molar-refractivity contribution >= 4 is 33.4 Å². The Kier molecular flexibility index (Phi) is 4.27. The molecule has 3 rings (SSSR count). The minimum absolute atomic E-state index is 0.0301. The van der Waals surface area contributed by atoms with Gasteiger partial charge in [-0.3, -0.25) is 28.8 Å². The number of aromatic nitrogens is 2. The summed E-state index contributed by atoms with van der Waals surface area (Å²) in [5.74, 6) is -1.26. The van der Waals surface area contributed by atoms with Gasteiger partial charge in [0, 0.05) is 12.8 Å². The van der Waals surface area contributed by atoms with Gasteiger partial charge in [-0.2, -0.15) is 0 Å². The lowest BCUT2D eigenvalue weighted by molar-refractivity contribution is 0.0887. The maximum atomic E-state index is 12.4. The monoisotopic (exact) mass is 356 g/mol. The van der Waals surface area contributed by atoms with Crippen molar-refractivity contribution < 1.29 is 9.59 Å². The van der Waals surface area contributed by atoms with E-state index in [2.05, 4.69) is 0 Å². The number of carbonyl (C=O) groups is 2. The highest BCUT2D eigenvalue weighted by molar-refractivity contribution is 6.00. The van der Waals surface area contributed by atoms with Crippen LogP contribution < -0.4 is 22.2 Å². The van der Waals surface area contributed by atoms with Gasteiger partial charge in [-0.05, 0) is 25.0 Å². The first-order valence-electron chi connectivity index (χ1n) is 8.34. The summed E-state index contributed by atoms with van der Waals surface area (Å²) >= 11 is 0. The summed E-state index contributed by atoms with van der Waals surface area (Å²) in [6, 6.07) is 2.26. The van der Waals surface area contributed by atoms with Gasteiger partial charge in [0.2, 0.25) is 11.8 Å². The second-order valence-corrected chi connectivity index (χ2v) is 6.12. The predicted molar refractivity (Wildman–Crippen MR) is 96.0 cm³/mol. The lowest BCUT2D eigenvalue weighted by Crippen LogP contribution is -2.32. The van der Waals surface area contributed by atoms with Crippen LogP contribution in [-0.2, 0) is 0 Å². The van der Waals surface area contributed by atoms with Crippen molar-refractivity contribution in [3.8, 4) is 0 Å². The first kappa shape index (κ1) is 17.7. The zero-order valence-corrected chi connectivity index (χ0v) is 14.3. The lowest BCUT2D eigenvalue weighted by atomic mass is 10.1. The van der Waals surface area contributed by atoms with Gasteiger partial charge < -0.3 is 0 Å². The van der Waals surface area contributed by atoms with E-state index in [9.17, 15) is 28.8 Å². The average Bonchev–Trinajstić information content (AvgIpc) is 2.98. The van der Waals surface area contributed by atoms with Crippen LogP contribution in [0.1, 0.15) is 49.1 Å². The standard InChI is InChI=1S/C18H16N2O6/c1-3-5-13(21)19-15(23)9-7-11-12(8-10(9)16(19)24)18(26)20(17(11)25)14(22)6-4-2/h7-8H,3-6H2,1-2H3. The van der Waals surface area contributed by atoms with Crippen LogP contribution >= 0.6 is 0 Å². The van der Waals surface area contributed by atoms with Crippen LogP contribution in [0.25, 0.3) is 21.5 Å². The zero-order chi connectivity index (χ0) is 19.2. The van der Waals surface area contributed by atoms with E-state index in [1.807, 2.05) is 0 Å². The molecule has 8 nitrogen and oxygen atoms in total. The molecule has 0 N–H and O–H groups in total. The van der Waals surface area contributed by atoms with Gasteiger partial charge >= 0.3 is 0 Å². The van der Waals surface area contributed by atoms with E-state index in [1.165, 1.54) is 0 Å². The van der Waals surface area contributed by atoms with E-state index in [-0.39, 0.29) is 34.4 Å². The van der Waals surface area contributed by atoms with Gasteiger partial charge in [-0.15, -0.1) is 0 Å². The molecule has 0 spiro atoms. The van der Waals surface area contributed by atoms with E-state index in [0.717, 1.165) is 12.1 Å². The second kappa shape index (κ2) is 6.29. The van der Waals surface area contributed by atoms with Crippen LogP contribution in [0.3, 0.4) is 0 Å². The van der Waals surface area contributed by atoms with Crippen LogP contribution in [0.15, 0.2) is 31.3 Å². The van der Waals surface area contributed by atoms with Crippen molar-refractivity contribution in [3.05, 3.63) is 53.5 Å². The van der Waals surface area contributed by atoms with Crippen LogP contribution in [-0.4, -0.2) is 20.9 Å². The summed E-state index contributed by atoms with van der Waals surface area (Å²) in [4.78, 5) is 73.8. The quantitative estimate of drug-likeness (QED) is 0.683. The molecular weight excluding hydrogens is 340 g/mol. The average molecular weight is 356 g/mol. The normalized spacial score (nSPS) is 11.5. The highest BCUT2D eigenvalue weighted by atomic mass is 16.2. The van der Waals surface area contributed by atoms with Crippen molar-refractivity contribution in [3.63, 3.8) is 0 Å². The molecule has 0 aliphatic rings. The second-order valence-electron chi connectivity index (χ2n) is 6.12. The van der Waals surface area contributed by atoms with E-state index in [4.69, 9.17) is 0 Å². The van der Waals surface area contributed by atoms with Crippen LogP contribution in [0.4, 0.5) is 0 Å². The van der Waals surface area contributed by atoms with Gasteiger partial charge in [0.15, 0.2) is 0 Å². The molecule has 0 saturated carbocycles. The largest absolute Gasteiger partial charge is 0.274 e. The van der Waals surface area contributed by atoms with Crippen LogP contribution in [0.5, 0.6) is 0 Å². The summed E-state index contributed by atoms with van der Waals surface area (Å²) in [7, 11) is 0. The number of hydrogen-bond acceptors (Lipinski definition) is 6. The van der Waals surface area contributed by atoms with E-state index < -0.39 is 34.1 Å². The maximum absolute atomic E-state index is 12.4. The molecule has 3 aromatic rings. The summed E-state index contributed by atoms with van der Waals surface area (Å²) in [5, 5.41) is -0.429. The molecule has 2 heterocycles. The number of fused-ring (bicyclic) bond motifs is 2. The summed E-state index contributed by atoms with van der Waals surface area (Å²) in [6.07, 6.45) is 0.993. The van der Waals surface area contributed by atoms with Crippen molar-refractivity contribution in [2.24, 2.45) is 0 Å². The van der Waals surface area contributed by atoms with Crippen molar-refractivity contribution in [1.29, 1.82) is 0 Å². The zero-order valence-electron chi connectivity index (χ0n) is 14.3. The molecule has 8 heteroatoms. The molecular formula is C18H16N2O6. The third kappa shape index (κ3) is 2.37. The Bertz CT molecular complexity index is 1090. The minimum atomic E-state index is -0.815. The predicted octanol–water partition coefficient (Wildman–Crippen LogP) is 0.793. The maximum Gasteiger partial charge on any atom is 0.268 e. The molecule has 26 heavy (non-hydrogen) atoms. The molecule has 1 aromatic carbocycles. The van der Waals surface area contributed by atoms with E-state index >= 15 is 0 Å². The minimum Gasteiger partial charge on any atom is -0.274 e. The van der Waals surface area contributed by atoms with Gasteiger partial charge in [0.1, 0.15) is 0 Å². The van der Waals surface area contributed by atoms with Gasteiger partial charge in [-0.1, -0.05) is 13.8 Å². The molecule has 0 amide bonds. The molecule has 0 saturated heterocycles. The van der Waals surface area contributed by atoms with Gasteiger partial charge in [0.25, 0.3) is 22.2 Å². The molecule has 0 aliphatic carbocycles. The van der Waals surface area contributed by atoms with Crippen molar-refractivity contribution in [2.75, 3.05) is 0 Å². The molecule has 0 unspecified atom stereocenters. The third-order valence-corrected chi connectivity index (χ3v) is 4.32. The molecule has 0 atom stereocenters. The number of nitrogens with zero attached hydrogens (tertiary/aromatic N) is 2. The Labute approximate surface area is 146 Å². The molecule has 0 aliphatic heterocycles. The van der Waals surface area contributed by atoms with Crippen LogP contribution in [0, 0.1) is 0 Å². The molecule has 2 aromatic heterocycles.